The lowest BCUT2D eigenvalue weighted by atomic mass is 10.2. The van der Waals surface area contributed by atoms with Gasteiger partial charge in [-0.15, -0.1) is 35.3 Å². The smallest absolute Gasteiger partial charge is 0.191 e. The molecule has 0 radical (unpaired) electrons. The van der Waals surface area contributed by atoms with Gasteiger partial charge in [0.25, 0.3) is 0 Å². The highest BCUT2D eigenvalue weighted by Gasteiger charge is 2.05. The maximum atomic E-state index is 4.61. The topological polar surface area (TPSA) is 67.1 Å². The summed E-state index contributed by atoms with van der Waals surface area (Å²) >= 11 is 1.67. The van der Waals surface area contributed by atoms with Crippen LogP contribution >= 0.6 is 35.3 Å². The zero-order valence-corrected chi connectivity index (χ0v) is 17.9. The fraction of sp³-hybridized carbons (Fsp3) is 0.562. The molecule has 2 aromatic rings. The number of rotatable bonds is 7. The predicted octanol–water partition coefficient (Wildman–Crippen LogP) is 3.14. The molecule has 0 aliphatic heterocycles. The molecule has 0 fully saturated rings. The summed E-state index contributed by atoms with van der Waals surface area (Å²) in [6, 6.07) is 0. The highest BCUT2D eigenvalue weighted by molar-refractivity contribution is 14.0. The number of hydrogen-bond donors (Lipinski definition) is 2. The number of aromatic nitrogens is 3. The van der Waals surface area contributed by atoms with Gasteiger partial charge in [-0.2, -0.15) is 5.10 Å². The van der Waals surface area contributed by atoms with Crippen LogP contribution in [0.5, 0.6) is 0 Å². The van der Waals surface area contributed by atoms with Gasteiger partial charge in [0.2, 0.25) is 0 Å². The Morgan fingerprint density at radius 2 is 2.17 bits per heavy atom. The van der Waals surface area contributed by atoms with Gasteiger partial charge >= 0.3 is 0 Å². The van der Waals surface area contributed by atoms with Crippen molar-refractivity contribution in [3.63, 3.8) is 0 Å². The summed E-state index contributed by atoms with van der Waals surface area (Å²) in [5.41, 5.74) is 2.32. The molecule has 0 aromatic carbocycles. The zero-order chi connectivity index (χ0) is 16.7. The van der Waals surface area contributed by atoms with Crippen LogP contribution in [0.25, 0.3) is 0 Å². The number of nitrogens with one attached hydrogen (secondary N) is 2. The first-order chi connectivity index (χ1) is 11.1. The van der Waals surface area contributed by atoms with Crippen LogP contribution in [-0.4, -0.2) is 33.8 Å². The minimum Gasteiger partial charge on any atom is -0.357 e. The number of halogens is 1. The number of guanidine groups is 1. The summed E-state index contributed by atoms with van der Waals surface area (Å²) in [5.74, 6) is 1.28. The SMILES string of the molecule is CCNC(=NCc1nc(C(C)C)cs1)NCCn1cc(C)cn1.I. The molecule has 8 heteroatoms. The molecule has 0 spiro atoms. The molecule has 0 aliphatic carbocycles. The minimum atomic E-state index is 0. The van der Waals surface area contributed by atoms with Crippen molar-refractivity contribution in [3.8, 4) is 0 Å². The van der Waals surface area contributed by atoms with Crippen molar-refractivity contribution >= 4 is 41.3 Å². The minimum absolute atomic E-state index is 0. The van der Waals surface area contributed by atoms with Crippen molar-refractivity contribution < 1.29 is 0 Å². The molecule has 0 saturated carbocycles. The van der Waals surface area contributed by atoms with E-state index in [2.05, 4.69) is 51.9 Å². The first-order valence-corrected chi connectivity index (χ1v) is 8.92. The van der Waals surface area contributed by atoms with Crippen LogP contribution in [0.2, 0.25) is 0 Å². The molecule has 2 aromatic heterocycles. The van der Waals surface area contributed by atoms with E-state index in [1.54, 1.807) is 11.3 Å². The third kappa shape index (κ3) is 6.76. The van der Waals surface area contributed by atoms with E-state index in [0.717, 1.165) is 36.3 Å². The molecule has 134 valence electrons. The van der Waals surface area contributed by atoms with Crippen molar-refractivity contribution in [3.05, 3.63) is 34.0 Å². The molecule has 0 unspecified atom stereocenters. The van der Waals surface area contributed by atoms with Crippen LogP contribution in [0.1, 0.15) is 43.0 Å². The number of thiazole rings is 1. The van der Waals surface area contributed by atoms with E-state index in [9.17, 15) is 0 Å². The van der Waals surface area contributed by atoms with Crippen LogP contribution in [0.3, 0.4) is 0 Å². The summed E-state index contributed by atoms with van der Waals surface area (Å²) in [5, 5.41) is 14.0. The monoisotopic (exact) mass is 462 g/mol. The number of hydrogen-bond acceptors (Lipinski definition) is 4. The maximum Gasteiger partial charge on any atom is 0.191 e. The first kappa shape index (κ1) is 20.9. The van der Waals surface area contributed by atoms with Gasteiger partial charge < -0.3 is 10.6 Å². The highest BCUT2D eigenvalue weighted by atomic mass is 127. The molecule has 6 nitrogen and oxygen atoms in total. The second-order valence-corrected chi connectivity index (χ2v) is 6.67. The van der Waals surface area contributed by atoms with Gasteiger partial charge in [-0.1, -0.05) is 13.8 Å². The average Bonchev–Trinajstić information content (AvgIpc) is 3.14. The van der Waals surface area contributed by atoms with Crippen molar-refractivity contribution in [2.45, 2.75) is 46.7 Å². The Morgan fingerprint density at radius 1 is 1.38 bits per heavy atom. The molecule has 24 heavy (non-hydrogen) atoms. The summed E-state index contributed by atoms with van der Waals surface area (Å²) in [6.45, 7) is 11.5. The van der Waals surface area contributed by atoms with Crippen LogP contribution in [0.4, 0.5) is 0 Å². The lowest BCUT2D eigenvalue weighted by Crippen LogP contribution is -2.38. The molecular formula is C16H27IN6S. The zero-order valence-electron chi connectivity index (χ0n) is 14.7. The molecule has 0 saturated heterocycles. The van der Waals surface area contributed by atoms with Gasteiger partial charge in [0.05, 0.1) is 25.0 Å². The summed E-state index contributed by atoms with van der Waals surface area (Å²) in [6.07, 6.45) is 3.91. The molecule has 2 rings (SSSR count). The Balaban J connectivity index is 0.00000288. The van der Waals surface area contributed by atoms with Crippen molar-refractivity contribution in [1.29, 1.82) is 0 Å². The van der Waals surface area contributed by atoms with E-state index in [1.165, 1.54) is 5.56 Å². The maximum absolute atomic E-state index is 4.61. The standard InChI is InChI=1S/C16H26N6S.HI/c1-5-17-16(18-6-7-22-10-13(4)8-20-22)19-9-15-21-14(11-23-15)12(2)3;/h8,10-12H,5-7,9H2,1-4H3,(H2,17,18,19);1H. The summed E-state index contributed by atoms with van der Waals surface area (Å²) in [7, 11) is 0. The molecule has 2 N–H and O–H groups in total. The van der Waals surface area contributed by atoms with E-state index in [0.29, 0.717) is 12.5 Å². The molecular weight excluding hydrogens is 435 g/mol. The molecule has 0 aliphatic rings. The predicted molar refractivity (Wildman–Crippen MR) is 111 cm³/mol. The summed E-state index contributed by atoms with van der Waals surface area (Å²) < 4.78 is 1.93. The quantitative estimate of drug-likeness (QED) is 0.377. The number of aliphatic imine (C=N–C) groups is 1. The Morgan fingerprint density at radius 3 is 2.75 bits per heavy atom. The highest BCUT2D eigenvalue weighted by Crippen LogP contribution is 2.18. The van der Waals surface area contributed by atoms with E-state index >= 15 is 0 Å². The molecule has 2 heterocycles. The first-order valence-electron chi connectivity index (χ1n) is 8.04. The molecule has 0 bridgehead atoms. The van der Waals surface area contributed by atoms with E-state index < -0.39 is 0 Å². The second-order valence-electron chi connectivity index (χ2n) is 5.72. The Labute approximate surface area is 165 Å². The fourth-order valence-corrected chi connectivity index (χ4v) is 2.91. The third-order valence-electron chi connectivity index (χ3n) is 3.27. The van der Waals surface area contributed by atoms with E-state index in [4.69, 9.17) is 0 Å². The Kier molecular flexibility index (Phi) is 9.27. The van der Waals surface area contributed by atoms with Crippen LogP contribution < -0.4 is 10.6 Å². The van der Waals surface area contributed by atoms with E-state index in [-0.39, 0.29) is 24.0 Å². The fourth-order valence-electron chi connectivity index (χ4n) is 2.03. The Hall–Kier alpha value is -1.16. The third-order valence-corrected chi connectivity index (χ3v) is 4.13. The Bertz CT molecular complexity index is 634. The number of aryl methyl sites for hydroxylation is 1. The summed E-state index contributed by atoms with van der Waals surface area (Å²) in [4.78, 5) is 9.22. The molecule has 0 atom stereocenters. The molecule has 0 amide bonds. The van der Waals surface area contributed by atoms with Gasteiger partial charge in [-0.05, 0) is 25.3 Å². The van der Waals surface area contributed by atoms with Crippen LogP contribution in [0.15, 0.2) is 22.8 Å². The van der Waals surface area contributed by atoms with Gasteiger partial charge in [-0.25, -0.2) is 9.98 Å². The average molecular weight is 462 g/mol. The van der Waals surface area contributed by atoms with Gasteiger partial charge in [-0.3, -0.25) is 4.68 Å². The number of nitrogens with zero attached hydrogens (tertiary/aromatic N) is 4. The van der Waals surface area contributed by atoms with E-state index in [1.807, 2.05) is 24.0 Å². The van der Waals surface area contributed by atoms with Crippen molar-refractivity contribution in [2.24, 2.45) is 4.99 Å². The van der Waals surface area contributed by atoms with Crippen molar-refractivity contribution in [2.75, 3.05) is 13.1 Å². The van der Waals surface area contributed by atoms with Crippen LogP contribution in [0, 0.1) is 6.92 Å². The second kappa shape index (κ2) is 10.7. The van der Waals surface area contributed by atoms with Gasteiger partial charge in [0.15, 0.2) is 5.96 Å². The lowest BCUT2D eigenvalue weighted by Gasteiger charge is -2.10. The largest absolute Gasteiger partial charge is 0.357 e. The van der Waals surface area contributed by atoms with Crippen LogP contribution in [-0.2, 0) is 13.1 Å². The normalized spacial score (nSPS) is 11.5. The van der Waals surface area contributed by atoms with Gasteiger partial charge in [0.1, 0.15) is 5.01 Å². The lowest BCUT2D eigenvalue weighted by molar-refractivity contribution is 0.597. The van der Waals surface area contributed by atoms with Crippen molar-refractivity contribution in [1.82, 2.24) is 25.4 Å². The van der Waals surface area contributed by atoms with Gasteiger partial charge in [0, 0.05) is 24.7 Å².